The van der Waals surface area contributed by atoms with Gasteiger partial charge in [0.05, 0.1) is 6.61 Å². The first-order valence-electron chi connectivity index (χ1n) is 5.19. The fraction of sp³-hybridized carbons (Fsp3) is 0.800. The van der Waals surface area contributed by atoms with Gasteiger partial charge in [-0.2, -0.15) is 0 Å². The van der Waals surface area contributed by atoms with Crippen LogP contribution in [0.3, 0.4) is 0 Å². The van der Waals surface area contributed by atoms with E-state index in [0.717, 1.165) is 0 Å². The Morgan fingerprint density at radius 2 is 1.81 bits per heavy atom. The maximum absolute atomic E-state index is 11.2. The van der Waals surface area contributed by atoms with E-state index in [0.29, 0.717) is 12.8 Å². The van der Waals surface area contributed by atoms with Gasteiger partial charge in [-0.05, 0) is 19.8 Å². The minimum Gasteiger partial charge on any atom is -0.481 e. The molecule has 0 radical (unpaired) electrons. The zero-order chi connectivity index (χ0) is 12.6. The largest absolute Gasteiger partial charge is 0.481 e. The van der Waals surface area contributed by atoms with Crippen LogP contribution < -0.4 is 5.32 Å². The summed E-state index contributed by atoms with van der Waals surface area (Å²) >= 11 is 0. The third-order valence-electron chi connectivity index (χ3n) is 2.05. The van der Waals surface area contributed by atoms with Crippen LogP contribution in [0.2, 0.25) is 0 Å². The van der Waals surface area contributed by atoms with Crippen molar-refractivity contribution in [3.63, 3.8) is 0 Å². The second-order valence-corrected chi connectivity index (χ2v) is 4.03. The number of nitrogens with one attached hydrogen (secondary N) is 1. The van der Waals surface area contributed by atoms with Crippen molar-refractivity contribution in [2.24, 2.45) is 0 Å². The fourth-order valence-electron chi connectivity index (χ4n) is 0.995. The number of rotatable bonds is 8. The molecule has 1 amide bonds. The van der Waals surface area contributed by atoms with Gasteiger partial charge in [0.25, 0.3) is 0 Å². The zero-order valence-electron chi connectivity index (χ0n) is 9.40. The third-order valence-corrected chi connectivity index (χ3v) is 2.05. The molecular formula is C10H19NO5. The molecule has 0 aliphatic carbocycles. The summed E-state index contributed by atoms with van der Waals surface area (Å²) in [4.78, 5) is 21.4. The Kier molecular flexibility index (Phi) is 6.67. The van der Waals surface area contributed by atoms with E-state index in [1.54, 1.807) is 0 Å². The lowest BCUT2D eigenvalue weighted by Gasteiger charge is -2.20. The van der Waals surface area contributed by atoms with Gasteiger partial charge in [-0.15, -0.1) is 0 Å². The van der Waals surface area contributed by atoms with Crippen LogP contribution in [0.5, 0.6) is 0 Å². The molecule has 0 aromatic heterocycles. The SMILES string of the molecule is CC(O)(CO)CNC(=O)CCCCC(=O)O. The fourth-order valence-corrected chi connectivity index (χ4v) is 0.995. The summed E-state index contributed by atoms with van der Waals surface area (Å²) in [5.74, 6) is -1.12. The molecule has 4 N–H and O–H groups in total. The lowest BCUT2D eigenvalue weighted by atomic mass is 10.1. The first-order valence-corrected chi connectivity index (χ1v) is 5.19. The Morgan fingerprint density at radius 3 is 2.31 bits per heavy atom. The molecule has 6 heteroatoms. The maximum Gasteiger partial charge on any atom is 0.303 e. The minimum atomic E-state index is -1.31. The van der Waals surface area contributed by atoms with Crippen molar-refractivity contribution >= 4 is 11.9 Å². The smallest absolute Gasteiger partial charge is 0.303 e. The average Bonchev–Trinajstić information content (AvgIpc) is 2.21. The van der Waals surface area contributed by atoms with Crippen LogP contribution >= 0.6 is 0 Å². The normalized spacial score (nSPS) is 14.2. The van der Waals surface area contributed by atoms with Crippen LogP contribution in [0.1, 0.15) is 32.6 Å². The van der Waals surface area contributed by atoms with Crippen LogP contribution in [0.25, 0.3) is 0 Å². The van der Waals surface area contributed by atoms with E-state index < -0.39 is 18.2 Å². The lowest BCUT2D eigenvalue weighted by molar-refractivity contribution is -0.137. The second kappa shape index (κ2) is 7.19. The molecule has 0 rings (SSSR count). The minimum absolute atomic E-state index is 0.0126. The van der Waals surface area contributed by atoms with Crippen LogP contribution in [-0.2, 0) is 9.59 Å². The van der Waals surface area contributed by atoms with Gasteiger partial charge in [0, 0.05) is 19.4 Å². The van der Waals surface area contributed by atoms with Gasteiger partial charge >= 0.3 is 5.97 Å². The number of aliphatic hydroxyl groups excluding tert-OH is 1. The molecule has 0 fully saturated rings. The summed E-state index contributed by atoms with van der Waals surface area (Å²) in [5, 5.41) is 28.9. The van der Waals surface area contributed by atoms with E-state index >= 15 is 0 Å². The van der Waals surface area contributed by atoms with Gasteiger partial charge in [0.1, 0.15) is 5.60 Å². The first-order chi connectivity index (χ1) is 7.37. The van der Waals surface area contributed by atoms with E-state index in [1.165, 1.54) is 6.92 Å². The maximum atomic E-state index is 11.2. The number of carboxylic acids is 1. The van der Waals surface area contributed by atoms with Crippen molar-refractivity contribution in [2.75, 3.05) is 13.2 Å². The summed E-state index contributed by atoms with van der Waals surface area (Å²) in [6, 6.07) is 0. The Morgan fingerprint density at radius 1 is 1.25 bits per heavy atom. The van der Waals surface area contributed by atoms with Gasteiger partial charge in [-0.3, -0.25) is 9.59 Å². The first kappa shape index (κ1) is 14.9. The summed E-state index contributed by atoms with van der Waals surface area (Å²) in [7, 11) is 0. The van der Waals surface area contributed by atoms with Crippen LogP contribution in [0.15, 0.2) is 0 Å². The molecule has 0 aromatic rings. The number of hydrogen-bond donors (Lipinski definition) is 4. The Bertz CT molecular complexity index is 239. The lowest BCUT2D eigenvalue weighted by Crippen LogP contribution is -2.43. The van der Waals surface area contributed by atoms with Crippen molar-refractivity contribution in [3.8, 4) is 0 Å². The molecule has 0 bridgehead atoms. The molecule has 16 heavy (non-hydrogen) atoms. The van der Waals surface area contributed by atoms with E-state index in [9.17, 15) is 14.7 Å². The van der Waals surface area contributed by atoms with E-state index in [1.807, 2.05) is 0 Å². The molecule has 0 saturated carbocycles. The highest BCUT2D eigenvalue weighted by Gasteiger charge is 2.19. The number of carbonyl (C=O) groups is 2. The quantitative estimate of drug-likeness (QED) is 0.422. The molecule has 0 aliphatic heterocycles. The highest BCUT2D eigenvalue weighted by molar-refractivity contribution is 5.76. The van der Waals surface area contributed by atoms with E-state index in [4.69, 9.17) is 10.2 Å². The van der Waals surface area contributed by atoms with Crippen LogP contribution in [0.4, 0.5) is 0 Å². The molecule has 0 aromatic carbocycles. The van der Waals surface area contributed by atoms with E-state index in [-0.39, 0.29) is 25.3 Å². The van der Waals surface area contributed by atoms with Gasteiger partial charge in [0.2, 0.25) is 5.91 Å². The predicted octanol–water partition coefficient (Wildman–Crippen LogP) is -0.509. The van der Waals surface area contributed by atoms with Gasteiger partial charge in [0.15, 0.2) is 0 Å². The molecule has 94 valence electrons. The van der Waals surface area contributed by atoms with Gasteiger partial charge in [-0.1, -0.05) is 0 Å². The van der Waals surface area contributed by atoms with Crippen molar-refractivity contribution < 1.29 is 24.9 Å². The Balaban J connectivity index is 3.56. The number of unbranched alkanes of at least 4 members (excludes halogenated alkanes) is 1. The average molecular weight is 233 g/mol. The van der Waals surface area contributed by atoms with Crippen LogP contribution in [-0.4, -0.2) is 45.9 Å². The topological polar surface area (TPSA) is 107 Å². The second-order valence-electron chi connectivity index (χ2n) is 4.03. The summed E-state index contributed by atoms with van der Waals surface area (Å²) in [5.41, 5.74) is -1.31. The summed E-state index contributed by atoms with van der Waals surface area (Å²) in [6.07, 6.45) is 1.25. The summed E-state index contributed by atoms with van der Waals surface area (Å²) < 4.78 is 0. The molecule has 0 spiro atoms. The monoisotopic (exact) mass is 233 g/mol. The Hall–Kier alpha value is -1.14. The van der Waals surface area contributed by atoms with Gasteiger partial charge < -0.3 is 20.6 Å². The summed E-state index contributed by atoms with van der Waals surface area (Å²) in [6.45, 7) is 0.977. The van der Waals surface area contributed by atoms with Crippen LogP contribution in [0, 0.1) is 0 Å². The number of hydrogen-bond acceptors (Lipinski definition) is 4. The number of carboxylic acid groups (broad SMARTS) is 1. The molecule has 0 aliphatic rings. The molecular weight excluding hydrogens is 214 g/mol. The van der Waals surface area contributed by atoms with E-state index in [2.05, 4.69) is 5.32 Å². The van der Waals surface area contributed by atoms with Crippen molar-refractivity contribution in [1.29, 1.82) is 0 Å². The van der Waals surface area contributed by atoms with Gasteiger partial charge in [-0.25, -0.2) is 0 Å². The van der Waals surface area contributed by atoms with Crippen molar-refractivity contribution in [1.82, 2.24) is 5.32 Å². The predicted molar refractivity (Wildman–Crippen MR) is 56.8 cm³/mol. The molecule has 0 heterocycles. The van der Waals surface area contributed by atoms with Crippen molar-refractivity contribution in [3.05, 3.63) is 0 Å². The highest BCUT2D eigenvalue weighted by atomic mass is 16.4. The number of aliphatic carboxylic acids is 1. The molecule has 1 unspecified atom stereocenters. The standard InChI is InChI=1S/C10H19NO5/c1-10(16,7-12)6-11-8(13)4-2-3-5-9(14)15/h12,16H,2-7H2,1H3,(H,11,13)(H,14,15). The number of amides is 1. The zero-order valence-corrected chi connectivity index (χ0v) is 9.40. The third kappa shape index (κ3) is 8.19. The number of carbonyl (C=O) groups excluding carboxylic acids is 1. The number of aliphatic hydroxyl groups is 2. The highest BCUT2D eigenvalue weighted by Crippen LogP contribution is 2.02. The molecule has 1 atom stereocenters. The molecule has 6 nitrogen and oxygen atoms in total. The Labute approximate surface area is 94.3 Å². The van der Waals surface area contributed by atoms with Crippen molar-refractivity contribution in [2.45, 2.75) is 38.2 Å². The molecule has 0 saturated heterocycles.